The minimum Gasteiger partial charge on any atom is -0.368 e. The van der Waals surface area contributed by atoms with E-state index in [1.54, 1.807) is 34.1 Å². The fraction of sp³-hybridized carbons (Fsp3) is 0.353. The lowest BCUT2D eigenvalue weighted by Crippen LogP contribution is -2.42. The van der Waals surface area contributed by atoms with E-state index in [4.69, 9.17) is 4.74 Å². The van der Waals surface area contributed by atoms with E-state index in [-0.39, 0.29) is 12.0 Å². The number of carbonyl (C=O) groups is 1. The molecule has 0 spiro atoms. The van der Waals surface area contributed by atoms with Crippen LogP contribution in [-0.4, -0.2) is 55.1 Å². The largest absolute Gasteiger partial charge is 0.368 e. The van der Waals surface area contributed by atoms with Gasteiger partial charge in [0.15, 0.2) is 5.65 Å². The minimum absolute atomic E-state index is 0.0931. The first-order valence-corrected chi connectivity index (χ1v) is 8.13. The Kier molecular flexibility index (Phi) is 3.89. The van der Waals surface area contributed by atoms with Gasteiger partial charge in [-0.25, -0.2) is 19.5 Å². The second-order valence-corrected chi connectivity index (χ2v) is 6.04. The number of carbonyl (C=O) groups excluding carboxylic acids is 1. The molecule has 1 aliphatic rings. The van der Waals surface area contributed by atoms with Crippen molar-refractivity contribution in [2.45, 2.75) is 20.0 Å². The molecular formula is C17H18N6O2. The SMILES string of the molecule is Cc1cc([C@@H]2CN(C(=O)c3cnn4cccnc34)CCO2)nc(C)n1. The summed E-state index contributed by atoms with van der Waals surface area (Å²) in [5.41, 5.74) is 2.75. The van der Waals surface area contributed by atoms with Gasteiger partial charge in [-0.3, -0.25) is 4.79 Å². The lowest BCUT2D eigenvalue weighted by atomic mass is 10.1. The predicted molar refractivity (Wildman–Crippen MR) is 89.1 cm³/mol. The Labute approximate surface area is 144 Å². The van der Waals surface area contributed by atoms with E-state index in [1.165, 1.54) is 0 Å². The van der Waals surface area contributed by atoms with Crippen molar-refractivity contribution in [3.8, 4) is 0 Å². The van der Waals surface area contributed by atoms with E-state index in [0.29, 0.717) is 36.7 Å². The van der Waals surface area contributed by atoms with Crippen LogP contribution in [0, 0.1) is 13.8 Å². The van der Waals surface area contributed by atoms with E-state index in [2.05, 4.69) is 20.1 Å². The molecule has 8 nitrogen and oxygen atoms in total. The van der Waals surface area contributed by atoms with Crippen molar-refractivity contribution in [1.29, 1.82) is 0 Å². The quantitative estimate of drug-likeness (QED) is 0.701. The summed E-state index contributed by atoms with van der Waals surface area (Å²) in [4.78, 5) is 27.7. The van der Waals surface area contributed by atoms with Crippen molar-refractivity contribution in [3.05, 3.63) is 53.5 Å². The van der Waals surface area contributed by atoms with Crippen LogP contribution in [0.3, 0.4) is 0 Å². The summed E-state index contributed by atoms with van der Waals surface area (Å²) in [6.45, 7) is 5.22. The lowest BCUT2D eigenvalue weighted by molar-refractivity contribution is -0.0248. The summed E-state index contributed by atoms with van der Waals surface area (Å²) in [6, 6.07) is 3.68. The highest BCUT2D eigenvalue weighted by Gasteiger charge is 2.29. The normalized spacial score (nSPS) is 17.8. The predicted octanol–water partition coefficient (Wildman–Crippen LogP) is 1.35. The molecule has 128 valence electrons. The number of aromatic nitrogens is 5. The number of ether oxygens (including phenoxy) is 1. The molecule has 4 rings (SSSR count). The zero-order chi connectivity index (χ0) is 17.4. The average molecular weight is 338 g/mol. The van der Waals surface area contributed by atoms with Crippen LogP contribution in [0.25, 0.3) is 5.65 Å². The molecular weight excluding hydrogens is 320 g/mol. The maximum Gasteiger partial charge on any atom is 0.259 e. The molecule has 1 saturated heterocycles. The number of rotatable bonds is 2. The van der Waals surface area contributed by atoms with Crippen molar-refractivity contribution in [2.75, 3.05) is 19.7 Å². The van der Waals surface area contributed by atoms with E-state index in [1.807, 2.05) is 19.9 Å². The summed E-state index contributed by atoms with van der Waals surface area (Å²) in [5, 5.41) is 4.19. The summed E-state index contributed by atoms with van der Waals surface area (Å²) >= 11 is 0. The Hall–Kier alpha value is -2.87. The molecule has 0 bridgehead atoms. The van der Waals surface area contributed by atoms with Gasteiger partial charge in [0.25, 0.3) is 5.91 Å². The molecule has 1 fully saturated rings. The molecule has 0 radical (unpaired) electrons. The number of nitrogens with zero attached hydrogens (tertiary/aromatic N) is 6. The van der Waals surface area contributed by atoms with Gasteiger partial charge in [-0.2, -0.15) is 5.10 Å². The summed E-state index contributed by atoms with van der Waals surface area (Å²) in [5.74, 6) is 0.610. The average Bonchev–Trinajstić information content (AvgIpc) is 3.04. The molecule has 8 heteroatoms. The van der Waals surface area contributed by atoms with Crippen molar-refractivity contribution < 1.29 is 9.53 Å². The second kappa shape index (κ2) is 6.21. The van der Waals surface area contributed by atoms with Crippen molar-refractivity contribution in [2.24, 2.45) is 0 Å². The molecule has 1 atom stereocenters. The van der Waals surface area contributed by atoms with Crippen LogP contribution in [0.5, 0.6) is 0 Å². The van der Waals surface area contributed by atoms with Crippen molar-refractivity contribution >= 4 is 11.6 Å². The Bertz CT molecular complexity index is 918. The van der Waals surface area contributed by atoms with Gasteiger partial charge in [0, 0.05) is 24.6 Å². The minimum atomic E-state index is -0.257. The van der Waals surface area contributed by atoms with E-state index in [0.717, 1.165) is 11.4 Å². The molecule has 3 aromatic heterocycles. The molecule has 4 heterocycles. The third-order valence-electron chi connectivity index (χ3n) is 4.18. The van der Waals surface area contributed by atoms with Gasteiger partial charge in [-0.15, -0.1) is 0 Å². The van der Waals surface area contributed by atoms with Crippen LogP contribution >= 0.6 is 0 Å². The molecule has 0 N–H and O–H groups in total. The topological polar surface area (TPSA) is 85.5 Å². The van der Waals surface area contributed by atoms with Gasteiger partial charge in [-0.05, 0) is 26.0 Å². The number of amides is 1. The molecule has 3 aromatic rings. The van der Waals surface area contributed by atoms with Crippen LogP contribution < -0.4 is 0 Å². The van der Waals surface area contributed by atoms with Crippen LogP contribution in [0.15, 0.2) is 30.7 Å². The smallest absolute Gasteiger partial charge is 0.259 e. The fourth-order valence-corrected chi connectivity index (χ4v) is 3.07. The van der Waals surface area contributed by atoms with Gasteiger partial charge in [0.05, 0.1) is 25.0 Å². The van der Waals surface area contributed by atoms with Crippen molar-refractivity contribution in [3.63, 3.8) is 0 Å². The van der Waals surface area contributed by atoms with Crippen LogP contribution in [0.1, 0.15) is 33.7 Å². The summed E-state index contributed by atoms with van der Waals surface area (Å²) in [6.07, 6.45) is 4.73. The Morgan fingerprint density at radius 2 is 2.20 bits per heavy atom. The Morgan fingerprint density at radius 1 is 1.32 bits per heavy atom. The fourth-order valence-electron chi connectivity index (χ4n) is 3.07. The summed E-state index contributed by atoms with van der Waals surface area (Å²) < 4.78 is 7.44. The molecule has 1 aliphatic heterocycles. The van der Waals surface area contributed by atoms with Gasteiger partial charge >= 0.3 is 0 Å². The second-order valence-electron chi connectivity index (χ2n) is 6.04. The number of fused-ring (bicyclic) bond motifs is 1. The first kappa shape index (κ1) is 15.6. The first-order valence-electron chi connectivity index (χ1n) is 8.13. The third-order valence-corrected chi connectivity index (χ3v) is 4.18. The standard InChI is InChI=1S/C17H18N6O2/c1-11-8-14(21-12(2)20-11)15-10-22(6-7-25-15)17(24)13-9-19-23-5-3-4-18-16(13)23/h3-5,8-9,15H,6-7,10H2,1-2H3/t15-/m0/s1. The van der Waals surface area contributed by atoms with Crippen LogP contribution in [0.2, 0.25) is 0 Å². The number of hydrogen-bond acceptors (Lipinski definition) is 6. The monoisotopic (exact) mass is 338 g/mol. The zero-order valence-corrected chi connectivity index (χ0v) is 14.1. The molecule has 0 saturated carbocycles. The molecule has 1 amide bonds. The molecule has 25 heavy (non-hydrogen) atoms. The van der Waals surface area contributed by atoms with E-state index < -0.39 is 0 Å². The van der Waals surface area contributed by atoms with E-state index >= 15 is 0 Å². The number of hydrogen-bond donors (Lipinski definition) is 0. The Morgan fingerprint density at radius 3 is 3.04 bits per heavy atom. The highest BCUT2D eigenvalue weighted by Crippen LogP contribution is 2.23. The number of aryl methyl sites for hydroxylation is 2. The molecule has 0 aromatic carbocycles. The first-order chi connectivity index (χ1) is 12.1. The zero-order valence-electron chi connectivity index (χ0n) is 14.1. The maximum atomic E-state index is 12.9. The third kappa shape index (κ3) is 2.96. The van der Waals surface area contributed by atoms with E-state index in [9.17, 15) is 4.79 Å². The molecule has 0 aliphatic carbocycles. The van der Waals surface area contributed by atoms with Crippen LogP contribution in [0.4, 0.5) is 0 Å². The highest BCUT2D eigenvalue weighted by atomic mass is 16.5. The van der Waals surface area contributed by atoms with Gasteiger partial charge < -0.3 is 9.64 Å². The van der Waals surface area contributed by atoms with Crippen molar-refractivity contribution in [1.82, 2.24) is 29.5 Å². The van der Waals surface area contributed by atoms with Gasteiger partial charge in [0.1, 0.15) is 17.5 Å². The highest BCUT2D eigenvalue weighted by molar-refractivity contribution is 5.99. The van der Waals surface area contributed by atoms with Gasteiger partial charge in [0.2, 0.25) is 0 Å². The maximum absolute atomic E-state index is 12.9. The number of morpholine rings is 1. The molecule has 0 unspecified atom stereocenters. The Balaban J connectivity index is 1.59. The van der Waals surface area contributed by atoms with Gasteiger partial charge in [-0.1, -0.05) is 0 Å². The summed E-state index contributed by atoms with van der Waals surface area (Å²) in [7, 11) is 0. The lowest BCUT2D eigenvalue weighted by Gasteiger charge is -2.32. The van der Waals surface area contributed by atoms with Crippen LogP contribution in [-0.2, 0) is 4.74 Å².